The molecule has 186 valence electrons. The van der Waals surface area contributed by atoms with Crippen LogP contribution in [0.25, 0.3) is 0 Å². The first-order valence-corrected chi connectivity index (χ1v) is 12.6. The quantitative estimate of drug-likeness (QED) is 0.157. The minimum Gasteiger partial charge on any atom is -0.370 e. The Hall–Kier alpha value is -1.20. The van der Waals surface area contributed by atoms with Gasteiger partial charge in [0.25, 0.3) is 0 Å². The minimum absolute atomic E-state index is 0.392. The molecule has 4 heteroatoms. The van der Waals surface area contributed by atoms with Gasteiger partial charge in [-0.15, -0.1) is 0 Å². The fourth-order valence-electron chi connectivity index (χ4n) is 3.80. The van der Waals surface area contributed by atoms with E-state index in [9.17, 15) is 0 Å². The summed E-state index contributed by atoms with van der Waals surface area (Å²) >= 11 is 0. The van der Waals surface area contributed by atoms with Crippen LogP contribution in [0.5, 0.6) is 0 Å². The molecule has 0 saturated heterocycles. The van der Waals surface area contributed by atoms with E-state index in [2.05, 4.69) is 58.9 Å². The molecule has 0 heterocycles. The van der Waals surface area contributed by atoms with E-state index in [-0.39, 0.29) is 0 Å². The zero-order chi connectivity index (χ0) is 24.5. The van der Waals surface area contributed by atoms with Gasteiger partial charge in [0.1, 0.15) is 17.3 Å². The Labute approximate surface area is 198 Å². The molecule has 0 aliphatic rings. The summed E-state index contributed by atoms with van der Waals surface area (Å²) in [5.41, 5.74) is -1.35. The van der Waals surface area contributed by atoms with E-state index in [0.29, 0.717) is 19.6 Å². The zero-order valence-corrected chi connectivity index (χ0v) is 22.3. The monoisotopic (exact) mass is 450 g/mol. The lowest BCUT2D eigenvalue weighted by atomic mass is 9.97. The average molecular weight is 451 g/mol. The Bertz CT molecular complexity index is 526. The van der Waals surface area contributed by atoms with Crippen molar-refractivity contribution >= 4 is 0 Å². The fraction of sp³-hybridized carbons (Fsp3) is 0.714. The van der Waals surface area contributed by atoms with E-state index in [0.717, 1.165) is 25.7 Å². The van der Waals surface area contributed by atoms with Crippen LogP contribution in [0.3, 0.4) is 0 Å². The third-order valence-corrected chi connectivity index (χ3v) is 5.36. The van der Waals surface area contributed by atoms with E-state index in [4.69, 9.17) is 18.9 Å². The lowest BCUT2D eigenvalue weighted by molar-refractivity contribution is -0.449. The summed E-state index contributed by atoms with van der Waals surface area (Å²) in [5.74, 6) is -1.38. The predicted octanol–water partition coefficient (Wildman–Crippen LogP) is 7.91. The van der Waals surface area contributed by atoms with Gasteiger partial charge in [-0.1, -0.05) is 83.2 Å². The maximum absolute atomic E-state index is 6.95. The minimum atomic E-state index is -1.38. The number of rotatable bonds is 18. The summed E-state index contributed by atoms with van der Waals surface area (Å²) in [6, 6.07) is 0. The van der Waals surface area contributed by atoms with Crippen molar-refractivity contribution < 1.29 is 18.9 Å². The third kappa shape index (κ3) is 8.97. The topological polar surface area (TPSA) is 36.9 Å². The second kappa shape index (κ2) is 16.4. The highest BCUT2D eigenvalue weighted by atomic mass is 16.9. The van der Waals surface area contributed by atoms with Gasteiger partial charge in [-0.2, -0.15) is 0 Å². The third-order valence-electron chi connectivity index (χ3n) is 5.36. The van der Waals surface area contributed by atoms with Gasteiger partial charge in [-0.05, 0) is 59.8 Å². The number of allylic oxidation sites excluding steroid dienone is 4. The first kappa shape index (κ1) is 30.8. The van der Waals surface area contributed by atoms with Gasteiger partial charge in [0, 0.05) is 6.61 Å². The van der Waals surface area contributed by atoms with Crippen molar-refractivity contribution in [2.75, 3.05) is 13.2 Å². The van der Waals surface area contributed by atoms with E-state index < -0.39 is 23.3 Å². The predicted molar refractivity (Wildman–Crippen MR) is 137 cm³/mol. The van der Waals surface area contributed by atoms with Crippen molar-refractivity contribution in [3.63, 3.8) is 0 Å². The van der Waals surface area contributed by atoms with Gasteiger partial charge in [0.05, 0.1) is 6.61 Å². The van der Waals surface area contributed by atoms with Gasteiger partial charge >= 0.3 is 5.97 Å². The zero-order valence-electron chi connectivity index (χ0n) is 22.3. The Morgan fingerprint density at radius 2 is 1.03 bits per heavy atom. The van der Waals surface area contributed by atoms with E-state index in [1.165, 1.54) is 0 Å². The molecule has 0 aliphatic heterocycles. The standard InChI is InChI=1S/C28H50O4/c1-10-19-26(17-8,20-11-2)31-28(30-24-15-6,25(16-7)29-23-14-5)32-27(18-9,21-12-3)22-13-4/h10-13,19-22,25H,14-18,23-24H2,1-9H3/b19-10+,20-11+,21-12+,22-13+. The van der Waals surface area contributed by atoms with Crippen molar-refractivity contribution in [1.82, 2.24) is 0 Å². The van der Waals surface area contributed by atoms with E-state index in [1.807, 2.05) is 52.0 Å². The molecule has 0 rings (SSSR count). The van der Waals surface area contributed by atoms with Crippen LogP contribution < -0.4 is 0 Å². The van der Waals surface area contributed by atoms with Crippen molar-refractivity contribution in [3.05, 3.63) is 48.6 Å². The van der Waals surface area contributed by atoms with Crippen molar-refractivity contribution in [2.45, 2.75) is 118 Å². The molecular formula is C28H50O4. The van der Waals surface area contributed by atoms with E-state index in [1.54, 1.807) is 0 Å². The average Bonchev–Trinajstić information content (AvgIpc) is 2.78. The van der Waals surface area contributed by atoms with Gasteiger partial charge in [0.2, 0.25) is 0 Å². The Kier molecular flexibility index (Phi) is 15.8. The molecule has 0 amide bonds. The summed E-state index contributed by atoms with van der Waals surface area (Å²) in [4.78, 5) is 0. The highest BCUT2D eigenvalue weighted by Gasteiger charge is 2.51. The second-order valence-corrected chi connectivity index (χ2v) is 8.04. The molecule has 32 heavy (non-hydrogen) atoms. The molecule has 0 aliphatic carbocycles. The van der Waals surface area contributed by atoms with E-state index >= 15 is 0 Å². The number of hydrogen-bond acceptors (Lipinski definition) is 4. The van der Waals surface area contributed by atoms with Crippen molar-refractivity contribution in [1.29, 1.82) is 0 Å². The van der Waals surface area contributed by atoms with Crippen LogP contribution in [0.4, 0.5) is 0 Å². The van der Waals surface area contributed by atoms with Crippen LogP contribution in [0.1, 0.15) is 94.4 Å². The largest absolute Gasteiger partial charge is 0.370 e. The Balaban J connectivity index is 6.91. The molecule has 0 aromatic carbocycles. The number of ether oxygens (including phenoxy) is 4. The van der Waals surface area contributed by atoms with Gasteiger partial charge in [-0.25, -0.2) is 0 Å². The highest BCUT2D eigenvalue weighted by molar-refractivity contribution is 5.16. The summed E-state index contributed by atoms with van der Waals surface area (Å²) in [7, 11) is 0. The molecule has 0 radical (unpaired) electrons. The molecule has 1 atom stereocenters. The molecule has 0 aromatic heterocycles. The molecule has 0 N–H and O–H groups in total. The van der Waals surface area contributed by atoms with Crippen LogP contribution >= 0.6 is 0 Å². The molecular weight excluding hydrogens is 400 g/mol. The molecule has 0 saturated carbocycles. The lowest BCUT2D eigenvalue weighted by Gasteiger charge is -2.47. The maximum Gasteiger partial charge on any atom is 0.313 e. The lowest BCUT2D eigenvalue weighted by Crippen LogP contribution is -2.59. The van der Waals surface area contributed by atoms with Crippen LogP contribution in [0.15, 0.2) is 48.6 Å². The molecule has 0 bridgehead atoms. The molecule has 1 unspecified atom stereocenters. The van der Waals surface area contributed by atoms with Crippen LogP contribution in [0.2, 0.25) is 0 Å². The first-order chi connectivity index (χ1) is 15.4. The summed E-state index contributed by atoms with van der Waals surface area (Å²) in [5, 5.41) is 0. The first-order valence-electron chi connectivity index (χ1n) is 12.6. The van der Waals surface area contributed by atoms with Crippen LogP contribution in [-0.2, 0) is 18.9 Å². The summed E-state index contributed by atoms with van der Waals surface area (Å²) in [6.07, 6.45) is 19.9. The maximum atomic E-state index is 6.95. The van der Waals surface area contributed by atoms with Gasteiger partial charge in [0.15, 0.2) is 0 Å². The summed E-state index contributed by atoms with van der Waals surface area (Å²) < 4.78 is 26.7. The Morgan fingerprint density at radius 1 is 0.625 bits per heavy atom. The number of hydrogen-bond donors (Lipinski definition) is 0. The molecule has 0 spiro atoms. The highest BCUT2D eigenvalue weighted by Crippen LogP contribution is 2.39. The fourth-order valence-corrected chi connectivity index (χ4v) is 3.80. The smallest absolute Gasteiger partial charge is 0.313 e. The second-order valence-electron chi connectivity index (χ2n) is 8.04. The molecule has 0 aromatic rings. The normalized spacial score (nSPS) is 15.2. The molecule has 0 fully saturated rings. The molecule has 4 nitrogen and oxygen atoms in total. The SMILES string of the molecule is C/C=C/C(/C=C/C)(CC)OC(OCCC)(OC(/C=C/C)(/C=C/C)CC)C(CC)OCCC. The Morgan fingerprint density at radius 3 is 1.31 bits per heavy atom. The van der Waals surface area contributed by atoms with Crippen molar-refractivity contribution in [2.24, 2.45) is 0 Å². The van der Waals surface area contributed by atoms with Gasteiger partial charge < -0.3 is 18.9 Å². The van der Waals surface area contributed by atoms with Gasteiger partial charge in [-0.3, -0.25) is 0 Å². The van der Waals surface area contributed by atoms with Crippen LogP contribution in [-0.4, -0.2) is 36.5 Å². The summed E-state index contributed by atoms with van der Waals surface area (Å²) in [6.45, 7) is 19.7. The van der Waals surface area contributed by atoms with Crippen molar-refractivity contribution in [3.8, 4) is 0 Å². The van der Waals surface area contributed by atoms with Crippen LogP contribution in [0, 0.1) is 0 Å².